The lowest BCUT2D eigenvalue weighted by Gasteiger charge is -2.16. The van der Waals surface area contributed by atoms with Crippen molar-refractivity contribution in [1.29, 1.82) is 0 Å². The van der Waals surface area contributed by atoms with Crippen molar-refractivity contribution in [1.82, 2.24) is 0 Å². The van der Waals surface area contributed by atoms with Crippen LogP contribution in [0.15, 0.2) is 0 Å². The summed E-state index contributed by atoms with van der Waals surface area (Å²) in [5.74, 6) is -0.148. The van der Waals surface area contributed by atoms with Crippen LogP contribution >= 0.6 is 20.8 Å². The molecule has 0 aromatic carbocycles. The van der Waals surface area contributed by atoms with E-state index in [1.165, 1.54) is 25.7 Å². The number of hydrogen-bond donors (Lipinski definition) is 4. The van der Waals surface area contributed by atoms with Gasteiger partial charge in [-0.15, -0.1) is 4.52 Å². The van der Waals surface area contributed by atoms with Crippen LogP contribution in [0, 0.1) is 0 Å². The van der Waals surface area contributed by atoms with E-state index in [0.717, 1.165) is 19.3 Å². The Morgan fingerprint density at radius 1 is 1.08 bits per heavy atom. The maximum Gasteiger partial charge on any atom is 0.570 e. The lowest BCUT2D eigenvalue weighted by Crippen LogP contribution is -2.25. The van der Waals surface area contributed by atoms with Crippen molar-refractivity contribution in [3.63, 3.8) is 0 Å². The number of aliphatic hydroxyl groups is 1. The summed E-state index contributed by atoms with van der Waals surface area (Å²) in [6, 6.07) is 0. The second-order valence-electron chi connectivity index (χ2n) is 5.51. The second kappa shape index (κ2) is 15.3. The monoisotopic (exact) mass is 387 g/mol. The molecule has 0 aromatic rings. The standard InChI is InChI=1S/C15H31O7PS/c1-2-3-4-5-6-7-8-9-15(17)22-14(13-24)12-21-23(18,19)20-11-10-16/h14,16,18-19H,2-13H2,1H3/p+1/t14-/m0/s1. The summed E-state index contributed by atoms with van der Waals surface area (Å²) < 4.78 is 14.6. The van der Waals surface area contributed by atoms with E-state index in [4.69, 9.17) is 14.4 Å². The molecule has 0 bridgehead atoms. The average Bonchev–Trinajstić information content (AvgIpc) is 2.56. The third kappa shape index (κ3) is 14.4. The summed E-state index contributed by atoms with van der Waals surface area (Å²) in [6.07, 6.45) is 7.47. The maximum atomic E-state index is 11.8. The summed E-state index contributed by atoms with van der Waals surface area (Å²) >= 11 is 4.06. The van der Waals surface area contributed by atoms with Crippen molar-refractivity contribution >= 4 is 26.8 Å². The fourth-order valence-corrected chi connectivity index (χ4v) is 2.91. The minimum atomic E-state index is -3.99. The Balaban J connectivity index is 3.83. The summed E-state index contributed by atoms with van der Waals surface area (Å²) in [5.41, 5.74) is 0. The molecule has 0 fully saturated rings. The Kier molecular flexibility index (Phi) is 15.3. The van der Waals surface area contributed by atoms with Crippen molar-refractivity contribution in [2.24, 2.45) is 0 Å². The molecule has 0 aliphatic carbocycles. The van der Waals surface area contributed by atoms with Gasteiger partial charge in [0.1, 0.15) is 19.3 Å². The van der Waals surface area contributed by atoms with E-state index >= 15 is 0 Å². The van der Waals surface area contributed by atoms with Crippen molar-refractivity contribution in [3.8, 4) is 0 Å². The molecule has 0 unspecified atom stereocenters. The van der Waals surface area contributed by atoms with Crippen LogP contribution in [0.1, 0.15) is 58.3 Å². The molecule has 7 nitrogen and oxygen atoms in total. The molecule has 0 saturated heterocycles. The fraction of sp³-hybridized carbons (Fsp3) is 0.933. The van der Waals surface area contributed by atoms with E-state index in [1.54, 1.807) is 0 Å². The van der Waals surface area contributed by atoms with Gasteiger partial charge in [-0.1, -0.05) is 45.4 Å². The molecular formula is C15H32O7PS+. The van der Waals surface area contributed by atoms with Gasteiger partial charge < -0.3 is 9.84 Å². The van der Waals surface area contributed by atoms with Crippen LogP contribution in [0.25, 0.3) is 0 Å². The molecule has 0 rings (SSSR count). The van der Waals surface area contributed by atoms with E-state index in [1.807, 2.05) is 0 Å². The first-order valence-corrected chi connectivity index (χ1v) is 10.7. The highest BCUT2D eigenvalue weighted by Gasteiger charge is 2.40. The Morgan fingerprint density at radius 3 is 2.29 bits per heavy atom. The van der Waals surface area contributed by atoms with Crippen molar-refractivity contribution in [3.05, 3.63) is 0 Å². The van der Waals surface area contributed by atoms with Crippen LogP contribution in [0.4, 0.5) is 0 Å². The van der Waals surface area contributed by atoms with Crippen LogP contribution < -0.4 is 0 Å². The second-order valence-corrected chi connectivity index (χ2v) is 7.37. The third-order valence-corrected chi connectivity index (χ3v) is 4.68. The van der Waals surface area contributed by atoms with E-state index in [-0.39, 0.29) is 31.5 Å². The minimum absolute atomic E-state index is 0.197. The molecule has 0 heterocycles. The quantitative estimate of drug-likeness (QED) is 0.140. The first-order chi connectivity index (χ1) is 11.4. The predicted octanol–water partition coefficient (Wildman–Crippen LogP) is 2.66. The average molecular weight is 387 g/mol. The SMILES string of the molecule is CCCCCCCCCC(=O)O[C@H](CS)CO[P+](O)(O)OCCO. The molecule has 0 radical (unpaired) electrons. The van der Waals surface area contributed by atoms with Crippen LogP contribution in [-0.4, -0.2) is 52.5 Å². The van der Waals surface area contributed by atoms with Gasteiger partial charge in [-0.25, -0.2) is 0 Å². The number of rotatable bonds is 16. The van der Waals surface area contributed by atoms with Gasteiger partial charge in [0.15, 0.2) is 0 Å². The molecule has 9 heteroatoms. The number of esters is 1. The molecule has 0 aromatic heterocycles. The molecular weight excluding hydrogens is 355 g/mol. The van der Waals surface area contributed by atoms with E-state index < -0.39 is 14.3 Å². The summed E-state index contributed by atoms with van der Waals surface area (Å²) in [5, 5.41) is 8.57. The Bertz CT molecular complexity index is 318. The zero-order chi connectivity index (χ0) is 18.3. The highest BCUT2D eigenvalue weighted by molar-refractivity contribution is 7.80. The summed E-state index contributed by atoms with van der Waals surface area (Å²) in [7, 11) is -3.99. The Labute approximate surface area is 150 Å². The smallest absolute Gasteiger partial charge is 0.459 e. The van der Waals surface area contributed by atoms with Crippen molar-refractivity contribution < 1.29 is 33.5 Å². The lowest BCUT2D eigenvalue weighted by atomic mass is 10.1. The van der Waals surface area contributed by atoms with Crippen molar-refractivity contribution in [2.75, 3.05) is 25.6 Å². The lowest BCUT2D eigenvalue weighted by molar-refractivity contribution is -0.149. The zero-order valence-corrected chi connectivity index (χ0v) is 16.2. The maximum absolute atomic E-state index is 11.8. The van der Waals surface area contributed by atoms with E-state index in [2.05, 4.69) is 24.1 Å². The van der Waals surface area contributed by atoms with Crippen molar-refractivity contribution in [2.45, 2.75) is 64.4 Å². The highest BCUT2D eigenvalue weighted by atomic mass is 32.1. The molecule has 144 valence electrons. The number of hydrogen-bond acceptors (Lipinski definition) is 8. The normalized spacial score (nSPS) is 13.0. The highest BCUT2D eigenvalue weighted by Crippen LogP contribution is 2.52. The van der Waals surface area contributed by atoms with Gasteiger partial charge in [0.25, 0.3) is 0 Å². The van der Waals surface area contributed by atoms with Gasteiger partial charge in [-0.3, -0.25) is 4.79 Å². The summed E-state index contributed by atoms with van der Waals surface area (Å²) in [6.45, 7) is 1.36. The Morgan fingerprint density at radius 2 is 1.71 bits per heavy atom. The van der Waals surface area contributed by atoms with Crippen LogP contribution in [0.5, 0.6) is 0 Å². The first-order valence-electron chi connectivity index (χ1n) is 8.50. The van der Waals surface area contributed by atoms with Gasteiger partial charge in [0.05, 0.1) is 6.61 Å². The number of unbranched alkanes of at least 4 members (excludes halogenated alkanes) is 6. The van der Waals surface area contributed by atoms with Crippen LogP contribution in [0.2, 0.25) is 0 Å². The first kappa shape index (κ1) is 24.1. The van der Waals surface area contributed by atoms with Crippen LogP contribution in [-0.2, 0) is 18.6 Å². The molecule has 0 saturated carbocycles. The Hall–Kier alpha value is 0.0500. The molecule has 0 aliphatic heterocycles. The van der Waals surface area contributed by atoms with Crippen LogP contribution in [0.3, 0.4) is 0 Å². The van der Waals surface area contributed by atoms with Gasteiger partial charge in [-0.2, -0.15) is 26.9 Å². The number of thiol groups is 1. The molecule has 24 heavy (non-hydrogen) atoms. The topological polar surface area (TPSA) is 105 Å². The minimum Gasteiger partial charge on any atom is -0.459 e. The molecule has 0 aliphatic rings. The molecule has 0 spiro atoms. The largest absolute Gasteiger partial charge is 0.570 e. The predicted molar refractivity (Wildman–Crippen MR) is 96.7 cm³/mol. The number of carbonyl (C=O) groups excluding carboxylic acids is 1. The fourth-order valence-electron chi connectivity index (χ4n) is 1.97. The summed E-state index contributed by atoms with van der Waals surface area (Å²) in [4.78, 5) is 30.6. The molecule has 1 atom stereocenters. The van der Waals surface area contributed by atoms with Gasteiger partial charge >= 0.3 is 14.1 Å². The van der Waals surface area contributed by atoms with E-state index in [9.17, 15) is 14.6 Å². The van der Waals surface area contributed by atoms with Gasteiger partial charge in [-0.05, 0) is 6.42 Å². The molecule has 0 amide bonds. The third-order valence-electron chi connectivity index (χ3n) is 3.27. The van der Waals surface area contributed by atoms with Gasteiger partial charge in [0.2, 0.25) is 0 Å². The number of ether oxygens (including phenoxy) is 1. The number of aliphatic hydroxyl groups excluding tert-OH is 1. The van der Waals surface area contributed by atoms with E-state index in [0.29, 0.717) is 6.42 Å². The zero-order valence-electron chi connectivity index (χ0n) is 14.4. The van der Waals surface area contributed by atoms with Gasteiger partial charge in [0, 0.05) is 12.2 Å². The molecule has 3 N–H and O–H groups in total. The number of carbonyl (C=O) groups is 1.